The lowest BCUT2D eigenvalue weighted by atomic mass is 10.2. The highest BCUT2D eigenvalue weighted by atomic mass is 16.4. The van der Waals surface area contributed by atoms with Crippen molar-refractivity contribution in [1.29, 1.82) is 0 Å². The van der Waals surface area contributed by atoms with E-state index in [0.717, 1.165) is 5.69 Å². The van der Waals surface area contributed by atoms with Crippen molar-refractivity contribution in [3.05, 3.63) is 43.0 Å². The summed E-state index contributed by atoms with van der Waals surface area (Å²) in [7, 11) is 0. The minimum Gasteiger partial charge on any atom is -0.481 e. The minimum atomic E-state index is -0.841. The van der Waals surface area contributed by atoms with E-state index in [4.69, 9.17) is 5.11 Å². The van der Waals surface area contributed by atoms with Gasteiger partial charge < -0.3 is 10.0 Å². The standard InChI is InChI=1S/C15H19NO3/c1-2-3-10-14(17)16(12-7-11-15(18)19)13-8-5-4-6-9-13/h2,4-6,8-9H,1,3,7,10-12H2,(H,18,19). The molecule has 0 fully saturated rings. The Hall–Kier alpha value is -2.10. The molecule has 0 radical (unpaired) electrons. The number of anilines is 1. The Morgan fingerprint density at radius 1 is 1.21 bits per heavy atom. The second kappa shape index (κ2) is 8.08. The maximum Gasteiger partial charge on any atom is 0.303 e. The van der Waals surface area contributed by atoms with Gasteiger partial charge >= 0.3 is 5.97 Å². The number of hydrogen-bond donors (Lipinski definition) is 1. The monoisotopic (exact) mass is 261 g/mol. The van der Waals surface area contributed by atoms with E-state index in [1.807, 2.05) is 30.3 Å². The van der Waals surface area contributed by atoms with Crippen molar-refractivity contribution >= 4 is 17.6 Å². The number of allylic oxidation sites excluding steroid dienone is 1. The van der Waals surface area contributed by atoms with E-state index in [1.165, 1.54) is 0 Å². The molecule has 1 aromatic carbocycles. The Labute approximate surface area is 113 Å². The Kier molecular flexibility index (Phi) is 6.36. The highest BCUT2D eigenvalue weighted by Crippen LogP contribution is 2.16. The normalized spacial score (nSPS) is 9.89. The zero-order chi connectivity index (χ0) is 14.1. The molecule has 0 saturated carbocycles. The first-order chi connectivity index (χ1) is 9.15. The Balaban J connectivity index is 2.70. The molecule has 1 amide bonds. The van der Waals surface area contributed by atoms with Crippen molar-refractivity contribution in [2.75, 3.05) is 11.4 Å². The summed E-state index contributed by atoms with van der Waals surface area (Å²) in [6.07, 6.45) is 3.24. The molecule has 1 N–H and O–H groups in total. The van der Waals surface area contributed by atoms with Gasteiger partial charge in [-0.15, -0.1) is 6.58 Å². The van der Waals surface area contributed by atoms with Crippen LogP contribution in [0.15, 0.2) is 43.0 Å². The quantitative estimate of drug-likeness (QED) is 0.732. The summed E-state index contributed by atoms with van der Waals surface area (Å²) in [6, 6.07) is 9.31. The summed E-state index contributed by atoms with van der Waals surface area (Å²) in [4.78, 5) is 24.3. The van der Waals surface area contributed by atoms with E-state index in [2.05, 4.69) is 6.58 Å². The average molecular weight is 261 g/mol. The highest BCUT2D eigenvalue weighted by molar-refractivity contribution is 5.93. The molecule has 19 heavy (non-hydrogen) atoms. The summed E-state index contributed by atoms with van der Waals surface area (Å²) in [5.74, 6) is -0.844. The number of aliphatic carboxylic acids is 1. The van der Waals surface area contributed by atoms with E-state index in [1.54, 1.807) is 11.0 Å². The Morgan fingerprint density at radius 2 is 1.89 bits per heavy atom. The molecule has 0 aliphatic carbocycles. The predicted octanol–water partition coefficient (Wildman–Crippen LogP) is 2.85. The highest BCUT2D eigenvalue weighted by Gasteiger charge is 2.14. The second-order valence-electron chi connectivity index (χ2n) is 4.21. The third kappa shape index (κ3) is 5.38. The lowest BCUT2D eigenvalue weighted by molar-refractivity contribution is -0.137. The molecule has 102 valence electrons. The summed E-state index contributed by atoms with van der Waals surface area (Å²) in [6.45, 7) is 4.02. The molecule has 4 nitrogen and oxygen atoms in total. The zero-order valence-electron chi connectivity index (χ0n) is 10.9. The number of carbonyl (C=O) groups excluding carboxylic acids is 1. The first-order valence-electron chi connectivity index (χ1n) is 6.33. The molecular weight excluding hydrogens is 242 g/mol. The van der Waals surface area contributed by atoms with E-state index in [9.17, 15) is 9.59 Å². The van der Waals surface area contributed by atoms with Crippen LogP contribution in [0.25, 0.3) is 0 Å². The van der Waals surface area contributed by atoms with Gasteiger partial charge in [-0.3, -0.25) is 9.59 Å². The SMILES string of the molecule is C=CCCC(=O)N(CCCC(=O)O)c1ccccc1. The fourth-order valence-electron chi connectivity index (χ4n) is 1.75. The van der Waals surface area contributed by atoms with Crippen LogP contribution in [0, 0.1) is 0 Å². The van der Waals surface area contributed by atoms with E-state index in [0.29, 0.717) is 25.8 Å². The predicted molar refractivity (Wildman–Crippen MR) is 75.1 cm³/mol. The number of para-hydroxylation sites is 1. The smallest absolute Gasteiger partial charge is 0.303 e. The van der Waals surface area contributed by atoms with E-state index in [-0.39, 0.29) is 12.3 Å². The molecule has 4 heteroatoms. The number of carbonyl (C=O) groups is 2. The van der Waals surface area contributed by atoms with Gasteiger partial charge in [0.15, 0.2) is 0 Å². The molecule has 0 unspecified atom stereocenters. The van der Waals surface area contributed by atoms with Gasteiger partial charge in [0, 0.05) is 25.1 Å². The summed E-state index contributed by atoms with van der Waals surface area (Å²) >= 11 is 0. The van der Waals surface area contributed by atoms with E-state index < -0.39 is 5.97 Å². The molecule has 0 aliphatic heterocycles. The third-order valence-electron chi connectivity index (χ3n) is 2.70. The van der Waals surface area contributed by atoms with Crippen LogP contribution in [0.2, 0.25) is 0 Å². The molecular formula is C15H19NO3. The van der Waals surface area contributed by atoms with E-state index >= 15 is 0 Å². The van der Waals surface area contributed by atoms with Crippen molar-refractivity contribution in [1.82, 2.24) is 0 Å². The number of hydrogen-bond acceptors (Lipinski definition) is 2. The number of carboxylic acids is 1. The molecule has 0 atom stereocenters. The van der Waals surface area contributed by atoms with Crippen molar-refractivity contribution < 1.29 is 14.7 Å². The molecule has 0 aromatic heterocycles. The van der Waals surface area contributed by atoms with Crippen molar-refractivity contribution in [2.45, 2.75) is 25.7 Å². The number of benzene rings is 1. The van der Waals surface area contributed by atoms with Crippen LogP contribution in [0.5, 0.6) is 0 Å². The van der Waals surface area contributed by atoms with Crippen LogP contribution in [0.4, 0.5) is 5.69 Å². The Morgan fingerprint density at radius 3 is 2.47 bits per heavy atom. The maximum atomic E-state index is 12.1. The topological polar surface area (TPSA) is 57.6 Å². The first-order valence-corrected chi connectivity index (χ1v) is 6.33. The molecule has 0 aliphatic rings. The van der Waals surface area contributed by atoms with Gasteiger partial charge in [-0.2, -0.15) is 0 Å². The lowest BCUT2D eigenvalue weighted by Crippen LogP contribution is -2.31. The molecule has 1 aromatic rings. The van der Waals surface area contributed by atoms with Crippen molar-refractivity contribution in [2.24, 2.45) is 0 Å². The van der Waals surface area contributed by atoms with Gasteiger partial charge in [-0.25, -0.2) is 0 Å². The molecule has 0 heterocycles. The Bertz CT molecular complexity index is 428. The van der Waals surface area contributed by atoms with Gasteiger partial charge in [-0.1, -0.05) is 24.3 Å². The fourth-order valence-corrected chi connectivity index (χ4v) is 1.75. The first kappa shape index (κ1) is 15.0. The molecule has 0 saturated heterocycles. The number of nitrogens with zero attached hydrogens (tertiary/aromatic N) is 1. The van der Waals surface area contributed by atoms with Crippen molar-refractivity contribution in [3.63, 3.8) is 0 Å². The maximum absolute atomic E-state index is 12.1. The van der Waals surface area contributed by atoms with Crippen LogP contribution < -0.4 is 4.90 Å². The third-order valence-corrected chi connectivity index (χ3v) is 2.70. The van der Waals surface area contributed by atoms with Crippen LogP contribution in [0.3, 0.4) is 0 Å². The molecule has 0 bridgehead atoms. The zero-order valence-corrected chi connectivity index (χ0v) is 10.9. The van der Waals surface area contributed by atoms with Crippen molar-refractivity contribution in [3.8, 4) is 0 Å². The van der Waals surface area contributed by atoms with Crippen LogP contribution in [-0.4, -0.2) is 23.5 Å². The van der Waals surface area contributed by atoms with Gasteiger partial charge in [-0.05, 0) is 25.0 Å². The largest absolute Gasteiger partial charge is 0.481 e. The van der Waals surface area contributed by atoms with Gasteiger partial charge in [0.25, 0.3) is 0 Å². The van der Waals surface area contributed by atoms with Crippen LogP contribution in [0.1, 0.15) is 25.7 Å². The lowest BCUT2D eigenvalue weighted by Gasteiger charge is -2.22. The molecule has 1 rings (SSSR count). The fraction of sp³-hybridized carbons (Fsp3) is 0.333. The minimum absolute atomic E-state index is 0.00325. The summed E-state index contributed by atoms with van der Waals surface area (Å²) in [5.41, 5.74) is 0.807. The van der Waals surface area contributed by atoms with Gasteiger partial charge in [0.1, 0.15) is 0 Å². The number of carboxylic acid groups (broad SMARTS) is 1. The van der Waals surface area contributed by atoms with Crippen LogP contribution in [-0.2, 0) is 9.59 Å². The van der Waals surface area contributed by atoms with Crippen LogP contribution >= 0.6 is 0 Å². The summed E-state index contributed by atoms with van der Waals surface area (Å²) in [5, 5.41) is 8.66. The van der Waals surface area contributed by atoms with Gasteiger partial charge in [0.05, 0.1) is 0 Å². The molecule has 0 spiro atoms. The second-order valence-corrected chi connectivity index (χ2v) is 4.21. The number of amides is 1. The number of rotatable bonds is 8. The average Bonchev–Trinajstić information content (AvgIpc) is 2.41. The van der Waals surface area contributed by atoms with Gasteiger partial charge in [0.2, 0.25) is 5.91 Å². The summed E-state index contributed by atoms with van der Waals surface area (Å²) < 4.78 is 0.